The number of aromatic nitrogens is 4. The summed E-state index contributed by atoms with van der Waals surface area (Å²) in [5.74, 6) is 1.27. The van der Waals surface area contributed by atoms with E-state index in [1.807, 2.05) is 23.7 Å². The van der Waals surface area contributed by atoms with Crippen molar-refractivity contribution in [3.63, 3.8) is 0 Å². The molecule has 4 rings (SSSR count). The van der Waals surface area contributed by atoms with Crippen LogP contribution in [0.25, 0.3) is 11.4 Å². The van der Waals surface area contributed by atoms with Gasteiger partial charge in [-0.15, -0.1) is 21.5 Å². The molecule has 0 radical (unpaired) electrons. The van der Waals surface area contributed by atoms with Gasteiger partial charge in [-0.3, -0.25) is 9.78 Å². The van der Waals surface area contributed by atoms with Crippen molar-refractivity contribution >= 4 is 34.0 Å². The summed E-state index contributed by atoms with van der Waals surface area (Å²) >= 11 is 3.05. The third-order valence-electron chi connectivity index (χ3n) is 4.87. The van der Waals surface area contributed by atoms with Gasteiger partial charge >= 0.3 is 0 Å². The summed E-state index contributed by atoms with van der Waals surface area (Å²) in [5.41, 5.74) is 2.74. The third kappa shape index (κ3) is 4.18. The molecule has 148 valence electrons. The minimum atomic E-state index is -0.0795. The fraction of sp³-hybridized carbons (Fsp3) is 0.350. The van der Waals surface area contributed by atoms with Crippen LogP contribution in [-0.4, -0.2) is 31.4 Å². The van der Waals surface area contributed by atoms with Crippen LogP contribution in [0, 0.1) is 11.3 Å². The van der Waals surface area contributed by atoms with Gasteiger partial charge in [0.05, 0.1) is 5.56 Å². The lowest BCUT2D eigenvalue weighted by Crippen LogP contribution is -2.12. The highest BCUT2D eigenvalue weighted by molar-refractivity contribution is 7.99. The van der Waals surface area contributed by atoms with Gasteiger partial charge in [0.15, 0.2) is 11.0 Å². The van der Waals surface area contributed by atoms with E-state index < -0.39 is 0 Å². The molecule has 3 aromatic rings. The van der Waals surface area contributed by atoms with Crippen molar-refractivity contribution in [2.24, 2.45) is 7.05 Å². The van der Waals surface area contributed by atoms with Gasteiger partial charge in [-0.1, -0.05) is 11.8 Å². The van der Waals surface area contributed by atoms with Crippen LogP contribution >= 0.6 is 23.1 Å². The van der Waals surface area contributed by atoms with Crippen LogP contribution in [-0.2, 0) is 24.7 Å². The number of hydrogen-bond donors (Lipinski definition) is 1. The molecule has 0 aliphatic heterocycles. The van der Waals surface area contributed by atoms with Gasteiger partial charge in [-0.05, 0) is 43.4 Å². The second kappa shape index (κ2) is 8.76. The maximum atomic E-state index is 12.4. The molecular formula is C20H20N6OS2. The minimum absolute atomic E-state index is 0.0795. The Hall–Kier alpha value is -2.70. The number of rotatable bonds is 6. The molecule has 0 fully saturated rings. The first-order valence-electron chi connectivity index (χ1n) is 9.44. The molecule has 3 aromatic heterocycles. The summed E-state index contributed by atoms with van der Waals surface area (Å²) < 4.78 is 1.92. The van der Waals surface area contributed by atoms with Crippen LogP contribution in [0.1, 0.15) is 35.3 Å². The molecule has 0 bridgehead atoms. The monoisotopic (exact) mass is 424 g/mol. The van der Waals surface area contributed by atoms with Gasteiger partial charge in [-0.2, -0.15) is 5.26 Å². The Labute approximate surface area is 177 Å². The zero-order valence-corrected chi connectivity index (χ0v) is 17.6. The molecule has 1 aliphatic carbocycles. The number of aryl methyl sites for hydroxylation is 1. The van der Waals surface area contributed by atoms with Crippen LogP contribution in [0.4, 0.5) is 5.00 Å². The average Bonchev–Trinajstić information content (AvgIpc) is 3.28. The molecule has 1 amide bonds. The normalized spacial score (nSPS) is 13.0. The van der Waals surface area contributed by atoms with Gasteiger partial charge in [0.1, 0.15) is 11.1 Å². The number of thioether (sulfide) groups is 1. The summed E-state index contributed by atoms with van der Waals surface area (Å²) in [6.45, 7) is 0. The van der Waals surface area contributed by atoms with E-state index in [0.717, 1.165) is 47.8 Å². The second-order valence-corrected chi connectivity index (χ2v) is 8.94. The number of pyridine rings is 1. The first-order valence-corrected chi connectivity index (χ1v) is 11.2. The molecule has 0 spiro atoms. The van der Waals surface area contributed by atoms with E-state index in [0.29, 0.717) is 22.7 Å². The van der Waals surface area contributed by atoms with E-state index in [9.17, 15) is 10.1 Å². The molecule has 1 aliphatic rings. The first-order chi connectivity index (χ1) is 14.2. The van der Waals surface area contributed by atoms with Crippen LogP contribution in [0.3, 0.4) is 0 Å². The van der Waals surface area contributed by atoms with Crippen molar-refractivity contribution in [2.75, 3.05) is 11.1 Å². The van der Waals surface area contributed by atoms with Crippen molar-refractivity contribution in [1.82, 2.24) is 19.7 Å². The van der Waals surface area contributed by atoms with Crippen LogP contribution in [0.15, 0.2) is 29.7 Å². The number of amides is 1. The van der Waals surface area contributed by atoms with E-state index in [4.69, 9.17) is 0 Å². The largest absolute Gasteiger partial charge is 0.317 e. The molecule has 7 nitrogen and oxygen atoms in total. The van der Waals surface area contributed by atoms with Crippen molar-refractivity contribution in [3.8, 4) is 17.5 Å². The highest BCUT2D eigenvalue weighted by Gasteiger charge is 2.21. The Morgan fingerprint density at radius 2 is 2.10 bits per heavy atom. The van der Waals surface area contributed by atoms with Crippen molar-refractivity contribution in [2.45, 2.75) is 37.3 Å². The quantitative estimate of drug-likeness (QED) is 0.605. The molecule has 29 heavy (non-hydrogen) atoms. The zero-order valence-electron chi connectivity index (χ0n) is 16.0. The minimum Gasteiger partial charge on any atom is -0.317 e. The Balaban J connectivity index is 1.35. The van der Waals surface area contributed by atoms with Gasteiger partial charge < -0.3 is 9.88 Å². The number of thiophene rings is 1. The lowest BCUT2D eigenvalue weighted by molar-refractivity contribution is -0.115. The van der Waals surface area contributed by atoms with Crippen LogP contribution in [0.5, 0.6) is 0 Å². The first kappa shape index (κ1) is 19.6. The predicted molar refractivity (Wildman–Crippen MR) is 114 cm³/mol. The molecule has 0 atom stereocenters. The smallest absolute Gasteiger partial charge is 0.225 e. The molecule has 0 aromatic carbocycles. The Kier molecular flexibility index (Phi) is 5.92. The van der Waals surface area contributed by atoms with E-state index in [1.54, 1.807) is 23.7 Å². The number of nitrogens with one attached hydrogen (secondary N) is 1. The second-order valence-electron chi connectivity index (χ2n) is 6.77. The fourth-order valence-electron chi connectivity index (χ4n) is 3.39. The summed E-state index contributed by atoms with van der Waals surface area (Å²) in [4.78, 5) is 17.7. The van der Waals surface area contributed by atoms with Gasteiger partial charge in [-0.25, -0.2) is 0 Å². The summed E-state index contributed by atoms with van der Waals surface area (Å²) in [5, 5.41) is 22.4. The fourth-order valence-corrected chi connectivity index (χ4v) is 5.49. The topological polar surface area (TPSA) is 96.5 Å². The summed E-state index contributed by atoms with van der Waals surface area (Å²) in [6, 6.07) is 6.06. The lowest BCUT2D eigenvalue weighted by atomic mass is 9.96. The Morgan fingerprint density at radius 1 is 1.31 bits per heavy atom. The van der Waals surface area contributed by atoms with E-state index in [2.05, 4.69) is 26.6 Å². The summed E-state index contributed by atoms with van der Waals surface area (Å²) in [7, 11) is 1.91. The van der Waals surface area contributed by atoms with Crippen molar-refractivity contribution in [1.29, 1.82) is 5.26 Å². The zero-order chi connectivity index (χ0) is 20.2. The van der Waals surface area contributed by atoms with E-state index >= 15 is 0 Å². The molecule has 1 N–H and O–H groups in total. The van der Waals surface area contributed by atoms with Crippen LogP contribution < -0.4 is 5.32 Å². The van der Waals surface area contributed by atoms with Gasteiger partial charge in [0.2, 0.25) is 5.91 Å². The van der Waals surface area contributed by atoms with Crippen molar-refractivity contribution in [3.05, 3.63) is 40.5 Å². The highest BCUT2D eigenvalue weighted by atomic mass is 32.2. The summed E-state index contributed by atoms with van der Waals surface area (Å²) in [6.07, 6.45) is 8.00. The lowest BCUT2D eigenvalue weighted by Gasteiger charge is -2.09. The number of hydrogen-bond acceptors (Lipinski definition) is 7. The number of carbonyl (C=O) groups is 1. The van der Waals surface area contributed by atoms with Gasteiger partial charge in [0.25, 0.3) is 0 Å². The average molecular weight is 425 g/mol. The number of nitrogens with zero attached hydrogens (tertiary/aromatic N) is 5. The Morgan fingerprint density at radius 3 is 2.90 bits per heavy atom. The van der Waals surface area contributed by atoms with E-state index in [-0.39, 0.29) is 5.91 Å². The number of fused-ring (bicyclic) bond motifs is 1. The maximum absolute atomic E-state index is 12.4. The molecule has 9 heteroatoms. The maximum Gasteiger partial charge on any atom is 0.225 e. The number of anilines is 1. The highest BCUT2D eigenvalue weighted by Crippen LogP contribution is 2.37. The third-order valence-corrected chi connectivity index (χ3v) is 7.10. The Bertz CT molecular complexity index is 1070. The van der Waals surface area contributed by atoms with Crippen LogP contribution in [0.2, 0.25) is 0 Å². The molecule has 0 saturated carbocycles. The SMILES string of the molecule is Cn1c(SCCC(=O)Nc2sc3c(c2C#N)CCCC3)nnc1-c1ccncc1. The number of carbonyl (C=O) groups excluding carboxylic acids is 1. The number of nitriles is 1. The molecule has 0 saturated heterocycles. The molecular weight excluding hydrogens is 404 g/mol. The molecule has 0 unspecified atom stereocenters. The van der Waals surface area contributed by atoms with Gasteiger partial charge in [0, 0.05) is 42.1 Å². The standard InChI is InChI=1S/C20H20N6OS2/c1-26-18(13-6-9-22-10-7-13)24-25-20(26)28-11-8-17(27)23-19-15(12-21)14-4-2-3-5-16(14)29-19/h6-7,9-10H,2-5,8,11H2,1H3,(H,23,27). The van der Waals surface area contributed by atoms with E-state index in [1.165, 1.54) is 16.6 Å². The predicted octanol–water partition coefficient (Wildman–Crippen LogP) is 3.81. The van der Waals surface area contributed by atoms with Crippen molar-refractivity contribution < 1.29 is 4.79 Å². The molecule has 3 heterocycles.